The Bertz CT molecular complexity index is 1640. The van der Waals surface area contributed by atoms with Gasteiger partial charge in [-0.2, -0.15) is 13.2 Å². The van der Waals surface area contributed by atoms with Gasteiger partial charge in [0.2, 0.25) is 11.8 Å². The lowest BCUT2D eigenvalue weighted by atomic mass is 9.90. The summed E-state index contributed by atoms with van der Waals surface area (Å²) in [5.74, 6) is -4.12. The molecule has 0 aliphatic carbocycles. The number of fused-ring (bicyclic) bond motifs is 1. The number of hydrogen-bond acceptors (Lipinski definition) is 8. The first-order valence-electron chi connectivity index (χ1n) is 15.0. The molecule has 3 heterocycles. The number of aromatic nitrogens is 2. The minimum atomic E-state index is -4.95. The molecule has 47 heavy (non-hydrogen) atoms. The van der Waals surface area contributed by atoms with Crippen LogP contribution in [0.25, 0.3) is 10.9 Å². The van der Waals surface area contributed by atoms with E-state index in [1.54, 1.807) is 24.3 Å². The molecule has 4 rings (SSSR count). The van der Waals surface area contributed by atoms with Crippen molar-refractivity contribution in [2.45, 2.75) is 57.8 Å². The van der Waals surface area contributed by atoms with Gasteiger partial charge >= 0.3 is 12.1 Å². The van der Waals surface area contributed by atoms with E-state index in [-0.39, 0.29) is 30.4 Å². The quantitative estimate of drug-likeness (QED) is 0.202. The number of nitrogens with zero attached hydrogens (tertiary/aromatic N) is 1. The number of pyridine rings is 1. The van der Waals surface area contributed by atoms with Crippen molar-refractivity contribution in [2.75, 3.05) is 20.3 Å². The number of halogens is 3. The van der Waals surface area contributed by atoms with Gasteiger partial charge in [0, 0.05) is 29.6 Å². The molecule has 3 aromatic rings. The third-order valence-electron chi connectivity index (χ3n) is 7.68. The van der Waals surface area contributed by atoms with E-state index in [4.69, 9.17) is 9.47 Å². The highest BCUT2D eigenvalue weighted by atomic mass is 19.4. The van der Waals surface area contributed by atoms with E-state index in [1.807, 2.05) is 13.8 Å². The molecule has 15 heteroatoms. The fourth-order valence-corrected chi connectivity index (χ4v) is 5.37. The summed E-state index contributed by atoms with van der Waals surface area (Å²) in [6, 6.07) is 6.35. The number of carbonyl (C=O) groups excluding carboxylic acids is 5. The first-order chi connectivity index (χ1) is 22.3. The standard InChI is InChI=1S/C32H36F3N5O7/c1-17(2)13-23(40-30(44)24-15-20-21(38-24)9-4-10-26(20)46-3)29(43)39-22(14-18-7-5-12-37-28(18)42)25(41)16-47-31(45)19-8-6-11-36-27(19)32(33,34)35/h4,6,8-11,15,17-18,22-23,38H,5,7,12-14,16H2,1-3H3,(H,37,42)(H,39,43)(H,40,44)/t18?,22-,23-/m0/s1. The zero-order chi connectivity index (χ0) is 34.3. The first kappa shape index (κ1) is 34.9. The van der Waals surface area contributed by atoms with Gasteiger partial charge in [0.15, 0.2) is 18.1 Å². The third-order valence-corrected chi connectivity index (χ3v) is 7.68. The summed E-state index contributed by atoms with van der Waals surface area (Å²) in [7, 11) is 1.50. The maximum Gasteiger partial charge on any atom is 0.434 e. The molecule has 3 atom stereocenters. The number of piperidine rings is 1. The molecule has 1 aliphatic heterocycles. The molecule has 0 bridgehead atoms. The molecule has 1 aliphatic rings. The second kappa shape index (κ2) is 15.1. The van der Waals surface area contributed by atoms with Crippen LogP contribution in [0.5, 0.6) is 5.75 Å². The Morgan fingerprint density at radius 3 is 2.53 bits per heavy atom. The number of alkyl halides is 3. The van der Waals surface area contributed by atoms with Crippen molar-refractivity contribution in [2.24, 2.45) is 11.8 Å². The van der Waals surface area contributed by atoms with Gasteiger partial charge < -0.3 is 30.4 Å². The average Bonchev–Trinajstić information content (AvgIpc) is 3.48. The summed E-state index contributed by atoms with van der Waals surface area (Å²) >= 11 is 0. The largest absolute Gasteiger partial charge is 0.496 e. The Hall–Kier alpha value is -4.95. The molecule has 252 valence electrons. The normalized spacial score (nSPS) is 16.2. The maximum atomic E-state index is 13.6. The number of methoxy groups -OCH3 is 1. The monoisotopic (exact) mass is 659 g/mol. The number of hydrogen-bond donors (Lipinski definition) is 4. The number of carbonyl (C=O) groups is 5. The van der Waals surface area contributed by atoms with Gasteiger partial charge in [0.05, 0.1) is 18.7 Å². The Labute approximate surface area is 268 Å². The van der Waals surface area contributed by atoms with E-state index < -0.39 is 65.6 Å². The number of H-pyrrole nitrogens is 1. The lowest BCUT2D eigenvalue weighted by Gasteiger charge is -2.28. The Balaban J connectivity index is 1.52. The molecule has 0 saturated carbocycles. The van der Waals surface area contributed by atoms with Crippen LogP contribution in [0.15, 0.2) is 42.6 Å². The topological polar surface area (TPSA) is 169 Å². The maximum absolute atomic E-state index is 13.6. The van der Waals surface area contributed by atoms with Crippen LogP contribution in [-0.2, 0) is 25.3 Å². The molecule has 0 radical (unpaired) electrons. The van der Waals surface area contributed by atoms with Crippen molar-refractivity contribution < 1.29 is 46.6 Å². The number of amides is 3. The van der Waals surface area contributed by atoms with Crippen LogP contribution < -0.4 is 20.7 Å². The highest BCUT2D eigenvalue weighted by Crippen LogP contribution is 2.30. The lowest BCUT2D eigenvalue weighted by Crippen LogP contribution is -2.54. The van der Waals surface area contributed by atoms with E-state index >= 15 is 0 Å². The number of ether oxygens (including phenoxy) is 2. The van der Waals surface area contributed by atoms with E-state index in [9.17, 15) is 37.1 Å². The van der Waals surface area contributed by atoms with Crippen LogP contribution in [0.4, 0.5) is 13.2 Å². The van der Waals surface area contributed by atoms with Gasteiger partial charge in [0.25, 0.3) is 5.91 Å². The molecule has 4 N–H and O–H groups in total. The van der Waals surface area contributed by atoms with Crippen LogP contribution in [0.2, 0.25) is 0 Å². The minimum absolute atomic E-state index is 0.0737. The van der Waals surface area contributed by atoms with Crippen LogP contribution in [-0.4, -0.2) is 71.8 Å². The van der Waals surface area contributed by atoms with Crippen LogP contribution in [0.3, 0.4) is 0 Å². The summed E-state index contributed by atoms with van der Waals surface area (Å²) in [5.41, 5.74) is -1.55. The SMILES string of the molecule is COc1cccc2[nH]c(C(=O)N[C@@H](CC(C)C)C(=O)N[C@@H](CC3CCCNC3=O)C(=O)COC(=O)c3cccnc3C(F)(F)F)cc12. The van der Waals surface area contributed by atoms with Crippen molar-refractivity contribution in [3.05, 3.63) is 59.5 Å². The highest BCUT2D eigenvalue weighted by molar-refractivity contribution is 6.02. The van der Waals surface area contributed by atoms with Gasteiger partial charge in [-0.05, 0) is 61.9 Å². The number of benzene rings is 1. The van der Waals surface area contributed by atoms with Crippen molar-refractivity contribution in [3.8, 4) is 5.75 Å². The molecular formula is C32H36F3N5O7. The number of Topliss-reactive ketones (excluding diaryl/α,β-unsaturated/α-hetero) is 1. The second-order valence-electron chi connectivity index (χ2n) is 11.6. The Morgan fingerprint density at radius 1 is 1.09 bits per heavy atom. The Morgan fingerprint density at radius 2 is 1.85 bits per heavy atom. The molecule has 1 saturated heterocycles. The van der Waals surface area contributed by atoms with Crippen LogP contribution >= 0.6 is 0 Å². The smallest absolute Gasteiger partial charge is 0.434 e. The zero-order valence-electron chi connectivity index (χ0n) is 26.0. The van der Waals surface area contributed by atoms with Crippen LogP contribution in [0, 0.1) is 11.8 Å². The van der Waals surface area contributed by atoms with Crippen molar-refractivity contribution in [1.82, 2.24) is 25.9 Å². The zero-order valence-corrected chi connectivity index (χ0v) is 26.0. The molecular weight excluding hydrogens is 623 g/mol. The lowest BCUT2D eigenvalue weighted by molar-refractivity contribution is -0.141. The summed E-state index contributed by atoms with van der Waals surface area (Å²) in [5, 5.41) is 8.65. The van der Waals surface area contributed by atoms with Crippen molar-refractivity contribution in [3.63, 3.8) is 0 Å². The van der Waals surface area contributed by atoms with Gasteiger partial charge in [0.1, 0.15) is 17.5 Å². The molecule has 1 aromatic carbocycles. The highest BCUT2D eigenvalue weighted by Gasteiger charge is 2.38. The number of aromatic amines is 1. The summed E-state index contributed by atoms with van der Waals surface area (Å²) in [6.07, 6.45) is -3.00. The molecule has 2 aromatic heterocycles. The molecule has 1 fully saturated rings. The minimum Gasteiger partial charge on any atom is -0.496 e. The summed E-state index contributed by atoms with van der Waals surface area (Å²) in [4.78, 5) is 71.5. The molecule has 12 nitrogen and oxygen atoms in total. The van der Waals surface area contributed by atoms with Gasteiger partial charge in [-0.15, -0.1) is 0 Å². The molecule has 0 spiro atoms. The fraction of sp³-hybridized carbons (Fsp3) is 0.438. The van der Waals surface area contributed by atoms with Gasteiger partial charge in [-0.25, -0.2) is 4.79 Å². The Kier molecular flexibility index (Phi) is 11.2. The van der Waals surface area contributed by atoms with Crippen molar-refractivity contribution >= 4 is 40.4 Å². The van der Waals surface area contributed by atoms with E-state index in [0.29, 0.717) is 36.0 Å². The fourth-order valence-electron chi connectivity index (χ4n) is 5.37. The number of rotatable bonds is 13. The summed E-state index contributed by atoms with van der Waals surface area (Å²) < 4.78 is 50.4. The number of ketones is 1. The number of nitrogens with one attached hydrogen (secondary N) is 4. The second-order valence-corrected chi connectivity index (χ2v) is 11.6. The van der Waals surface area contributed by atoms with E-state index in [2.05, 4.69) is 25.9 Å². The average molecular weight is 660 g/mol. The van der Waals surface area contributed by atoms with Crippen molar-refractivity contribution in [1.29, 1.82) is 0 Å². The van der Waals surface area contributed by atoms with Gasteiger partial charge in [-0.3, -0.25) is 24.2 Å². The first-order valence-corrected chi connectivity index (χ1v) is 15.0. The predicted octanol–water partition coefficient (Wildman–Crippen LogP) is 3.56. The molecule has 1 unspecified atom stereocenters. The predicted molar refractivity (Wildman–Crippen MR) is 162 cm³/mol. The van der Waals surface area contributed by atoms with E-state index in [1.165, 1.54) is 7.11 Å². The van der Waals surface area contributed by atoms with Crippen LogP contribution in [0.1, 0.15) is 66.1 Å². The number of esters is 1. The summed E-state index contributed by atoms with van der Waals surface area (Å²) in [6.45, 7) is 3.14. The molecule has 3 amide bonds. The van der Waals surface area contributed by atoms with Gasteiger partial charge in [-0.1, -0.05) is 19.9 Å². The van der Waals surface area contributed by atoms with E-state index in [0.717, 1.165) is 18.3 Å². The third kappa shape index (κ3) is 8.86.